The molecule has 2 heteroatoms. The van der Waals surface area contributed by atoms with Crippen LogP contribution in [0.2, 0.25) is 0 Å². The number of Topliss-reactive ketones (excluding diaryl/α,β-unsaturated/α-hetero) is 1. The molecule has 0 saturated heterocycles. The van der Waals surface area contributed by atoms with Crippen molar-refractivity contribution in [1.29, 1.82) is 0 Å². The normalized spacial score (nSPS) is 11.8. The zero-order valence-corrected chi connectivity index (χ0v) is 10.5. The number of hydrogen-bond acceptors (Lipinski definition) is 2. The third-order valence-corrected chi connectivity index (χ3v) is 2.22. The second kappa shape index (κ2) is 5.94. The molecule has 0 atom stereocenters. The van der Waals surface area contributed by atoms with Crippen molar-refractivity contribution in [3.8, 4) is 0 Å². The molecule has 1 aromatic carbocycles. The number of rotatable bonds is 4. The standard InChI is InChI=1S/C15H17NO/c1-5-8-15(16-11(2)3)14-10-7-6-9-13(14)12(4)17/h5-10H,2H2,1,3-4H3/b8-5-,16-15?. The van der Waals surface area contributed by atoms with Crippen molar-refractivity contribution in [1.82, 2.24) is 0 Å². The van der Waals surface area contributed by atoms with Gasteiger partial charge in [-0.1, -0.05) is 36.9 Å². The molecule has 0 radical (unpaired) electrons. The Morgan fingerprint density at radius 3 is 2.29 bits per heavy atom. The van der Waals surface area contributed by atoms with E-state index in [2.05, 4.69) is 11.6 Å². The van der Waals surface area contributed by atoms with E-state index in [1.54, 1.807) is 6.92 Å². The lowest BCUT2D eigenvalue weighted by Gasteiger charge is -2.07. The molecule has 0 aromatic heterocycles. The fraction of sp³-hybridized carbons (Fsp3) is 0.200. The molecule has 2 nitrogen and oxygen atoms in total. The van der Waals surface area contributed by atoms with E-state index in [-0.39, 0.29) is 5.78 Å². The van der Waals surface area contributed by atoms with Gasteiger partial charge in [0.05, 0.1) is 5.71 Å². The average molecular weight is 227 g/mol. The number of nitrogens with zero attached hydrogens (tertiary/aromatic N) is 1. The first kappa shape index (κ1) is 13.1. The van der Waals surface area contributed by atoms with Gasteiger partial charge in [0.25, 0.3) is 0 Å². The molecule has 1 rings (SSSR count). The van der Waals surface area contributed by atoms with Gasteiger partial charge in [-0.2, -0.15) is 0 Å². The van der Waals surface area contributed by atoms with Gasteiger partial charge in [-0.15, -0.1) is 0 Å². The number of benzene rings is 1. The third-order valence-electron chi connectivity index (χ3n) is 2.22. The second-order valence-electron chi connectivity index (χ2n) is 3.83. The first-order valence-corrected chi connectivity index (χ1v) is 5.53. The zero-order chi connectivity index (χ0) is 12.8. The van der Waals surface area contributed by atoms with Crippen molar-refractivity contribution in [2.24, 2.45) is 4.99 Å². The largest absolute Gasteiger partial charge is 0.294 e. The summed E-state index contributed by atoms with van der Waals surface area (Å²) in [5, 5.41) is 0. The van der Waals surface area contributed by atoms with Crippen LogP contribution in [0.4, 0.5) is 0 Å². The Hall–Kier alpha value is -1.96. The number of allylic oxidation sites excluding steroid dienone is 3. The van der Waals surface area contributed by atoms with Gasteiger partial charge >= 0.3 is 0 Å². The van der Waals surface area contributed by atoms with E-state index in [4.69, 9.17) is 0 Å². The van der Waals surface area contributed by atoms with Crippen LogP contribution in [0.5, 0.6) is 0 Å². The number of carbonyl (C=O) groups excluding carboxylic acids is 1. The first-order chi connectivity index (χ1) is 8.06. The predicted octanol–water partition coefficient (Wildman–Crippen LogP) is 3.79. The van der Waals surface area contributed by atoms with Crippen molar-refractivity contribution >= 4 is 11.5 Å². The second-order valence-corrected chi connectivity index (χ2v) is 3.83. The van der Waals surface area contributed by atoms with Gasteiger partial charge in [0.15, 0.2) is 5.78 Å². The van der Waals surface area contributed by atoms with Gasteiger partial charge in [-0.05, 0) is 26.8 Å². The Morgan fingerprint density at radius 1 is 1.24 bits per heavy atom. The molecule has 88 valence electrons. The Bertz CT molecular complexity index is 495. The summed E-state index contributed by atoms with van der Waals surface area (Å²) < 4.78 is 0. The molecule has 0 N–H and O–H groups in total. The number of ketones is 1. The van der Waals surface area contributed by atoms with Crippen LogP contribution < -0.4 is 0 Å². The van der Waals surface area contributed by atoms with E-state index in [1.807, 2.05) is 50.3 Å². The van der Waals surface area contributed by atoms with Crippen LogP contribution in [0.1, 0.15) is 36.7 Å². The topological polar surface area (TPSA) is 29.4 Å². The monoisotopic (exact) mass is 227 g/mol. The molecule has 1 aromatic rings. The zero-order valence-electron chi connectivity index (χ0n) is 10.5. The lowest BCUT2D eigenvalue weighted by molar-refractivity contribution is 0.101. The molecular formula is C15H17NO. The van der Waals surface area contributed by atoms with Gasteiger partial charge in [-0.3, -0.25) is 9.79 Å². The van der Waals surface area contributed by atoms with Crippen LogP contribution in [0, 0.1) is 0 Å². The quantitative estimate of drug-likeness (QED) is 0.568. The summed E-state index contributed by atoms with van der Waals surface area (Å²) in [6.45, 7) is 9.09. The van der Waals surface area contributed by atoms with Crippen molar-refractivity contribution in [2.75, 3.05) is 0 Å². The van der Waals surface area contributed by atoms with Gasteiger partial charge in [-0.25, -0.2) is 0 Å². The third kappa shape index (κ3) is 3.52. The molecule has 0 unspecified atom stereocenters. The van der Waals surface area contributed by atoms with Crippen LogP contribution in [0.15, 0.2) is 53.7 Å². The van der Waals surface area contributed by atoms with E-state index in [0.717, 1.165) is 17.0 Å². The Balaban J connectivity index is 3.38. The summed E-state index contributed by atoms with van der Waals surface area (Å²) in [5.74, 6) is 0.0412. The highest BCUT2D eigenvalue weighted by molar-refractivity contribution is 6.15. The maximum Gasteiger partial charge on any atom is 0.160 e. The smallest absolute Gasteiger partial charge is 0.160 e. The molecule has 17 heavy (non-hydrogen) atoms. The molecule has 0 heterocycles. The highest BCUT2D eigenvalue weighted by Gasteiger charge is 2.09. The van der Waals surface area contributed by atoms with Crippen LogP contribution >= 0.6 is 0 Å². The van der Waals surface area contributed by atoms with Crippen LogP contribution in [-0.2, 0) is 0 Å². The summed E-state index contributed by atoms with van der Waals surface area (Å²) in [6, 6.07) is 7.47. The summed E-state index contributed by atoms with van der Waals surface area (Å²) in [4.78, 5) is 15.9. The van der Waals surface area contributed by atoms with Gasteiger partial charge in [0.1, 0.15) is 0 Å². The Labute approximate surface area is 102 Å². The lowest BCUT2D eigenvalue weighted by Crippen LogP contribution is -2.05. The van der Waals surface area contributed by atoms with E-state index >= 15 is 0 Å². The molecule has 0 amide bonds. The van der Waals surface area contributed by atoms with Crippen molar-refractivity contribution in [3.05, 3.63) is 59.8 Å². The molecule has 0 saturated carbocycles. The van der Waals surface area contributed by atoms with E-state index in [9.17, 15) is 4.79 Å². The molecule has 0 fully saturated rings. The molecule has 0 aliphatic heterocycles. The minimum absolute atomic E-state index is 0.0412. The maximum absolute atomic E-state index is 11.6. The number of carbonyl (C=O) groups is 1. The summed E-state index contributed by atoms with van der Waals surface area (Å²) in [5.41, 5.74) is 3.02. The first-order valence-electron chi connectivity index (χ1n) is 5.53. The molecular weight excluding hydrogens is 210 g/mol. The average Bonchev–Trinajstić information content (AvgIpc) is 2.28. The Morgan fingerprint density at radius 2 is 1.82 bits per heavy atom. The minimum atomic E-state index is 0.0412. The van der Waals surface area contributed by atoms with Crippen molar-refractivity contribution in [3.63, 3.8) is 0 Å². The van der Waals surface area contributed by atoms with Gasteiger partial charge in [0.2, 0.25) is 0 Å². The number of aliphatic imine (C=N–C) groups is 1. The van der Waals surface area contributed by atoms with E-state index in [0.29, 0.717) is 5.56 Å². The fourth-order valence-corrected chi connectivity index (χ4v) is 1.56. The Kier molecular flexibility index (Phi) is 4.58. The predicted molar refractivity (Wildman–Crippen MR) is 72.6 cm³/mol. The highest BCUT2D eigenvalue weighted by Crippen LogP contribution is 2.13. The van der Waals surface area contributed by atoms with Gasteiger partial charge in [0, 0.05) is 16.8 Å². The number of hydrogen-bond donors (Lipinski definition) is 0. The van der Waals surface area contributed by atoms with Crippen molar-refractivity contribution in [2.45, 2.75) is 20.8 Å². The SMILES string of the molecule is C=C(C)N=C(/C=C\C)c1ccccc1C(C)=O. The maximum atomic E-state index is 11.6. The minimum Gasteiger partial charge on any atom is -0.294 e. The van der Waals surface area contributed by atoms with Crippen LogP contribution in [0.25, 0.3) is 0 Å². The molecule has 0 aliphatic rings. The summed E-state index contributed by atoms with van der Waals surface area (Å²) in [6.07, 6.45) is 3.79. The van der Waals surface area contributed by atoms with Crippen molar-refractivity contribution < 1.29 is 4.79 Å². The molecule has 0 aliphatic carbocycles. The van der Waals surface area contributed by atoms with E-state index in [1.165, 1.54) is 0 Å². The van der Waals surface area contributed by atoms with Crippen LogP contribution in [-0.4, -0.2) is 11.5 Å². The summed E-state index contributed by atoms with van der Waals surface area (Å²) >= 11 is 0. The highest BCUT2D eigenvalue weighted by atomic mass is 16.1. The fourth-order valence-electron chi connectivity index (χ4n) is 1.56. The lowest BCUT2D eigenvalue weighted by atomic mass is 10.00. The van der Waals surface area contributed by atoms with Crippen LogP contribution in [0.3, 0.4) is 0 Å². The molecule has 0 bridgehead atoms. The van der Waals surface area contributed by atoms with Gasteiger partial charge < -0.3 is 0 Å². The summed E-state index contributed by atoms with van der Waals surface area (Å²) in [7, 11) is 0. The van der Waals surface area contributed by atoms with E-state index < -0.39 is 0 Å². The molecule has 0 spiro atoms.